The molecule has 1 aliphatic carbocycles. The van der Waals surface area contributed by atoms with Crippen molar-refractivity contribution in [3.8, 4) is 0 Å². The van der Waals surface area contributed by atoms with Crippen molar-refractivity contribution in [1.29, 1.82) is 0 Å². The smallest absolute Gasteiger partial charge is 0.351 e. The largest absolute Gasteiger partial charge is 0.418 e. The quantitative estimate of drug-likeness (QED) is 0.324. The maximum atomic E-state index is 15.6. The van der Waals surface area contributed by atoms with Crippen LogP contribution in [-0.2, 0) is 26.9 Å². The van der Waals surface area contributed by atoms with Crippen LogP contribution in [0, 0.1) is 25.5 Å². The first kappa shape index (κ1) is 30.4. The van der Waals surface area contributed by atoms with E-state index in [1.165, 1.54) is 33.9 Å². The van der Waals surface area contributed by atoms with Crippen LogP contribution in [0.2, 0.25) is 0 Å². The molecule has 7 nitrogen and oxygen atoms in total. The van der Waals surface area contributed by atoms with Crippen LogP contribution in [0.5, 0.6) is 0 Å². The lowest BCUT2D eigenvalue weighted by molar-refractivity contribution is -0.354. The summed E-state index contributed by atoms with van der Waals surface area (Å²) in [6.45, 7) is 8.06. The first-order chi connectivity index (χ1) is 18.8. The van der Waals surface area contributed by atoms with Crippen LogP contribution in [0.3, 0.4) is 0 Å². The predicted octanol–water partition coefficient (Wildman–Crippen LogP) is 14.6. The summed E-state index contributed by atoms with van der Waals surface area (Å²) < 4.78 is 108. The fourth-order valence-corrected chi connectivity index (χ4v) is 8.55. The zero-order valence-electron chi connectivity index (χ0n) is 24.1. The number of alkyl halides is 3. The number of rotatable bonds is 4. The van der Waals surface area contributed by atoms with Crippen LogP contribution >= 0.6 is 0 Å². The zero-order chi connectivity index (χ0) is 30.5. The molecule has 1 saturated heterocycles. The zero-order valence-corrected chi connectivity index (χ0v) is 24.9. The van der Waals surface area contributed by atoms with Gasteiger partial charge in [0, 0.05) is 88.2 Å². The van der Waals surface area contributed by atoms with Crippen LogP contribution in [0.4, 0.5) is 22.0 Å². The van der Waals surface area contributed by atoms with Crippen molar-refractivity contribution in [1.82, 2.24) is 14.1 Å². The number of aromatic nitrogens is 2. The Morgan fingerprint density at radius 1 is 1.12 bits per heavy atom. The maximum absolute atomic E-state index is 15.6. The Morgan fingerprint density at radius 3 is 2.29 bits per heavy atom. The molecule has 0 spiro atoms. The summed E-state index contributed by atoms with van der Waals surface area (Å²) in [6.07, 6.45) is -1.04. The first-order valence-electron chi connectivity index (χ1n) is 13.9. The highest BCUT2D eigenvalue weighted by atomic mass is 32.2. The molecule has 13 heteroatoms. The van der Waals surface area contributed by atoms with Gasteiger partial charge in [-0.25, -0.2) is 17.2 Å². The highest BCUT2D eigenvalue weighted by Gasteiger charge is 2.69. The normalized spacial score (nSPS) is 33.5. The van der Waals surface area contributed by atoms with E-state index < -0.39 is 61.9 Å². The van der Waals surface area contributed by atoms with Gasteiger partial charge in [-0.05, 0) is 78.0 Å². The van der Waals surface area contributed by atoms with Crippen molar-refractivity contribution in [2.75, 3.05) is 0 Å². The van der Waals surface area contributed by atoms with Crippen LogP contribution in [0.1, 0.15) is 147 Å². The van der Waals surface area contributed by atoms with Gasteiger partial charge in [-0.15, -0.1) is 0 Å². The van der Waals surface area contributed by atoms with E-state index in [-0.39, 0.29) is 82.4 Å². The number of benzene rings is 1. The van der Waals surface area contributed by atoms with Gasteiger partial charge in [-0.3, -0.25) is 4.90 Å². The van der Waals surface area contributed by atoms with Crippen LogP contribution < -0.4 is 5.73 Å². The Hall–Kier alpha value is -2.09. The molecule has 0 bridgehead atoms. The minimum Gasteiger partial charge on any atom is -0.351 e. The third-order valence-electron chi connectivity index (χ3n) is 10.1. The third-order valence-corrected chi connectivity index (χ3v) is 12.1. The molecule has 0 radical (unpaired) electrons. The van der Waals surface area contributed by atoms with E-state index >= 15 is 4.39 Å². The molecule has 2 fully saturated rings. The lowest BCUT2D eigenvalue weighted by Crippen LogP contribution is -2.74. The molecule has 3 aliphatic rings. The summed E-state index contributed by atoms with van der Waals surface area (Å²) in [7, 11) is -3.71. The summed E-state index contributed by atoms with van der Waals surface area (Å²) >= 11 is 0. The molecule has 1 unspecified atom stereocenters. The number of hydrogen-bond acceptors (Lipinski definition) is 6. The second kappa shape index (κ2) is 9.45. The SMILES string of the molecule is Cc1c(F)cc([C@@]2(C)O[C@](C)(C(F)(F)F)[C@H](N3Cc4nn(S(=O)(=O)C5CCCC5)cc4C3C)C[C@]2(C)N)c(F)c1C.[HH].[HH].[HH].[HH].[HH].[HH].[HH].[HH].[HH].[HH].[HH].[HH].[HH].[HH].[HH].[HH].[HH].[HH].[HH].[HH].[HH].[HH].[HH].[HH].[HH].[HH].[HH].[HH].[HH].[HH].[HH].[HH].[HH].[HH].[HH].[HH].[HH]. The summed E-state index contributed by atoms with van der Waals surface area (Å²) in [4.78, 5) is 1.57. The van der Waals surface area contributed by atoms with Crippen molar-refractivity contribution in [2.45, 2.75) is 120 Å². The van der Waals surface area contributed by atoms with Crippen molar-refractivity contribution >= 4 is 10.0 Å². The lowest BCUT2D eigenvalue weighted by atomic mass is 9.67. The lowest BCUT2D eigenvalue weighted by Gasteiger charge is -2.59. The van der Waals surface area contributed by atoms with E-state index in [1.807, 2.05) is 0 Å². The van der Waals surface area contributed by atoms with E-state index in [4.69, 9.17) is 10.5 Å². The van der Waals surface area contributed by atoms with E-state index in [1.54, 1.807) is 11.8 Å². The molecule has 2 aromatic rings. The molecule has 1 saturated carbocycles. The second-order valence-corrected chi connectivity index (χ2v) is 14.6. The third kappa shape index (κ3) is 4.36. The van der Waals surface area contributed by atoms with Gasteiger partial charge in [0.25, 0.3) is 10.0 Å². The summed E-state index contributed by atoms with van der Waals surface area (Å²) in [5.41, 5.74) is 0.781. The molecule has 5 rings (SSSR count). The summed E-state index contributed by atoms with van der Waals surface area (Å²) in [5.74, 6) is -1.63. The van der Waals surface area contributed by atoms with Gasteiger partial charge in [0.15, 0.2) is 5.60 Å². The predicted molar refractivity (Wildman–Crippen MR) is 221 cm³/mol. The molecular formula is C28H111F5N4O3S. The highest BCUT2D eigenvalue weighted by molar-refractivity contribution is 7.90. The fourth-order valence-electron chi connectivity index (χ4n) is 6.84. The number of fused-ring (bicyclic) bond motifs is 1. The maximum Gasteiger partial charge on any atom is 0.418 e. The Bertz CT molecular complexity index is 1560. The number of hydrogen-bond donors (Lipinski definition) is 1. The van der Waals surface area contributed by atoms with Gasteiger partial charge in [-0.2, -0.15) is 22.4 Å². The molecule has 2 aliphatic heterocycles. The number of nitrogens with zero attached hydrogens (tertiary/aromatic N) is 3. The number of nitrogens with two attached hydrogens (primary N) is 1. The van der Waals surface area contributed by atoms with Gasteiger partial charge < -0.3 is 10.5 Å². The number of halogens is 5. The van der Waals surface area contributed by atoms with Crippen molar-refractivity contribution in [2.24, 2.45) is 5.73 Å². The van der Waals surface area contributed by atoms with Crippen molar-refractivity contribution in [3.63, 3.8) is 0 Å². The van der Waals surface area contributed by atoms with Gasteiger partial charge in [0.2, 0.25) is 0 Å². The van der Waals surface area contributed by atoms with E-state index in [9.17, 15) is 26.0 Å². The summed E-state index contributed by atoms with van der Waals surface area (Å²) in [6, 6.07) is -1.10. The number of ether oxygens (including phenoxy) is 1. The van der Waals surface area contributed by atoms with Gasteiger partial charge in [-0.1, -0.05) is 12.8 Å². The standard InChI is InChI=1S/C28H37F5N4O3S.37H2/c1-15-16(2)24(30)20(11-21(15)29)26(5)25(4,34)12-23(27(6,40-26)28(31,32)33)36-14-22-19(17(36)3)13-37(35-22)41(38,39)18-9-7-8-10-18;;;;;;;;;;;;;;;;;;;;;;;;;;;;;;;;;;;;;/h11,13,17-18,23H,7-10,12,14,34H2,1-6H3;37*1H/t17?,23-,25+,26-,27+;;;;;;;;;;;;;;;;;;;;;;;;;;;;;;;;;;;;;/m1...................................../s1. The molecule has 1 aromatic carbocycles. The van der Waals surface area contributed by atoms with Crippen LogP contribution in [-0.4, -0.2) is 51.1 Å². The molecule has 1 aromatic heterocycles. The monoisotopic (exact) mass is 679 g/mol. The van der Waals surface area contributed by atoms with Crippen molar-refractivity contribution in [3.05, 3.63) is 51.8 Å². The molecule has 0 amide bonds. The van der Waals surface area contributed by atoms with Crippen LogP contribution in [0.25, 0.3) is 0 Å². The van der Waals surface area contributed by atoms with Gasteiger partial charge >= 0.3 is 6.18 Å². The Kier molecular flexibility index (Phi) is 7.00. The van der Waals surface area contributed by atoms with Crippen molar-refractivity contribution < 1.29 is 87.9 Å². The van der Waals surface area contributed by atoms with Gasteiger partial charge in [0.1, 0.15) is 17.2 Å². The fraction of sp³-hybridized carbons (Fsp3) is 0.679. The van der Waals surface area contributed by atoms with E-state index in [0.29, 0.717) is 24.1 Å². The minimum absolute atomic E-state index is 0. The average Bonchev–Trinajstić information content (AvgIpc) is 3.61. The van der Waals surface area contributed by atoms with E-state index in [0.717, 1.165) is 29.9 Å². The Morgan fingerprint density at radius 2 is 1.73 bits per heavy atom. The minimum atomic E-state index is -4.92. The Labute approximate surface area is 292 Å². The second-order valence-electron chi connectivity index (χ2n) is 12.6. The molecule has 41 heavy (non-hydrogen) atoms. The van der Waals surface area contributed by atoms with Gasteiger partial charge in [0.05, 0.1) is 17.0 Å². The highest BCUT2D eigenvalue weighted by Crippen LogP contribution is 2.56. The average molecular weight is 679 g/mol. The molecule has 2 N–H and O–H groups in total. The molecule has 302 valence electrons. The Balaban J connectivity index is -0.0000000177. The van der Waals surface area contributed by atoms with Crippen LogP contribution in [0.15, 0.2) is 12.3 Å². The first-order valence-corrected chi connectivity index (χ1v) is 15.4. The topological polar surface area (TPSA) is 90.5 Å². The summed E-state index contributed by atoms with van der Waals surface area (Å²) in [5, 5.41) is 3.78. The molecular weight excluding hydrogens is 567 g/mol. The molecule has 3 heterocycles. The van der Waals surface area contributed by atoms with E-state index in [2.05, 4.69) is 5.10 Å². The molecule has 5 atom stereocenters.